The van der Waals surface area contributed by atoms with Crippen molar-refractivity contribution >= 4 is 16.2 Å². The minimum Gasteiger partial charge on any atom is -0.274 e. The van der Waals surface area contributed by atoms with Crippen LogP contribution in [0.2, 0.25) is 0 Å². The van der Waals surface area contributed by atoms with Crippen LogP contribution < -0.4 is 4.72 Å². The largest absolute Gasteiger partial charge is 0.359 e. The number of rotatable bonds is 1. The predicted octanol–water partition coefficient (Wildman–Crippen LogP) is -1.07. The van der Waals surface area contributed by atoms with Gasteiger partial charge in [-0.2, -0.15) is 8.42 Å². The molecule has 0 aliphatic carbocycles. The van der Waals surface area contributed by atoms with E-state index in [9.17, 15) is 13.2 Å². The maximum absolute atomic E-state index is 9.81. The molecule has 0 spiro atoms. The van der Waals surface area contributed by atoms with Gasteiger partial charge in [0.25, 0.3) is 0 Å². The van der Waals surface area contributed by atoms with Crippen molar-refractivity contribution in [2.24, 2.45) is 0 Å². The van der Waals surface area contributed by atoms with E-state index in [0.717, 1.165) is 6.92 Å². The van der Waals surface area contributed by atoms with E-state index in [1.54, 1.807) is 0 Å². The van der Waals surface area contributed by atoms with E-state index in [2.05, 4.69) is 0 Å². The number of hydrogen-bond acceptors (Lipinski definition) is 3. The zero-order chi connectivity index (χ0) is 6.78. The summed E-state index contributed by atoms with van der Waals surface area (Å²) >= 11 is 0. The Labute approximate surface area is 46.6 Å². The van der Waals surface area contributed by atoms with Crippen molar-refractivity contribution in [2.45, 2.75) is 6.92 Å². The van der Waals surface area contributed by atoms with Crippen molar-refractivity contribution < 1.29 is 17.8 Å². The molecule has 0 fully saturated rings. The van der Waals surface area contributed by atoms with E-state index >= 15 is 0 Å². The van der Waals surface area contributed by atoms with Gasteiger partial charge in [-0.1, -0.05) is 0 Å². The SMILES string of the molecule is CC(=O)NS(=O)(=O)O.[Rf]. The molecular weight excluding hydrogens is 401 g/mol. The van der Waals surface area contributed by atoms with E-state index in [0.29, 0.717) is 0 Å². The zero-order valence-corrected chi connectivity index (χ0v) is 12.0. The quantitative estimate of drug-likeness (QED) is 0.544. The van der Waals surface area contributed by atoms with Gasteiger partial charge in [-0.15, -0.1) is 0 Å². The van der Waals surface area contributed by atoms with Gasteiger partial charge < -0.3 is 0 Å². The van der Waals surface area contributed by atoms with Crippen LogP contribution in [0, 0.1) is 0 Å². The molecule has 0 bridgehead atoms. The van der Waals surface area contributed by atoms with Crippen molar-refractivity contribution in [1.82, 2.24) is 4.72 Å². The first-order valence-corrected chi connectivity index (χ1v) is 3.11. The minimum absolute atomic E-state index is 0. The maximum Gasteiger partial charge on any atom is 0.359 e. The molecule has 0 heterocycles. The molecule has 9 heavy (non-hydrogen) atoms. The van der Waals surface area contributed by atoms with Crippen LogP contribution in [0.1, 0.15) is 6.92 Å². The summed E-state index contributed by atoms with van der Waals surface area (Å²) in [5.74, 6) is -0.812. The van der Waals surface area contributed by atoms with Gasteiger partial charge in [0.1, 0.15) is 0 Å². The van der Waals surface area contributed by atoms with Gasteiger partial charge in [-0.25, -0.2) is 4.72 Å². The van der Waals surface area contributed by atoms with Crippen molar-refractivity contribution in [3.63, 3.8) is 0 Å². The fraction of sp³-hybridized carbons (Fsp3) is 0.500. The van der Waals surface area contributed by atoms with Crippen LogP contribution in [-0.2, 0) is 15.1 Å². The van der Waals surface area contributed by atoms with Crippen LogP contribution >= 0.6 is 0 Å². The second-order valence-electron chi connectivity index (χ2n) is 1.13. The molecule has 0 aliphatic rings. The van der Waals surface area contributed by atoms with Crippen LogP contribution in [0.3, 0.4) is 0 Å². The van der Waals surface area contributed by atoms with Crippen LogP contribution in [0.25, 0.3) is 0 Å². The van der Waals surface area contributed by atoms with Crippen LogP contribution in [0.15, 0.2) is 0 Å². The van der Waals surface area contributed by atoms with Gasteiger partial charge in [0.2, 0.25) is 5.91 Å². The summed E-state index contributed by atoms with van der Waals surface area (Å²) in [6.07, 6.45) is 0. The van der Waals surface area contributed by atoms with E-state index in [1.807, 2.05) is 0 Å². The molecule has 0 saturated heterocycles. The number of hydrogen-bond donors (Lipinski definition) is 2. The van der Waals surface area contributed by atoms with Crippen molar-refractivity contribution in [2.75, 3.05) is 0 Å². The Balaban J connectivity index is 0. The Hall–Kier alpha value is -1.62. The summed E-state index contributed by atoms with van der Waals surface area (Å²) < 4.78 is 28.4. The van der Waals surface area contributed by atoms with Gasteiger partial charge in [-0.3, -0.25) is 9.35 Å². The van der Waals surface area contributed by atoms with E-state index < -0.39 is 16.2 Å². The van der Waals surface area contributed by atoms with Crippen LogP contribution in [-0.4, -0.2) is 18.9 Å². The Kier molecular flexibility index (Phi) is 3.03. The molecule has 2 N–H and O–H groups in total. The molecule has 0 aromatic rings. The molecule has 0 rings (SSSR count). The van der Waals surface area contributed by atoms with Gasteiger partial charge >= 0.3 is 10.3 Å². The third kappa shape index (κ3) is 10.7. The first-order valence-electron chi connectivity index (χ1n) is 1.67. The average molecular weight is 406 g/mol. The summed E-state index contributed by atoms with van der Waals surface area (Å²) in [6.45, 7) is 0.980. The Bertz CT molecular complexity index is 185. The molecule has 0 aliphatic heterocycles. The third-order valence-electron chi connectivity index (χ3n) is 0.273. The smallest absolute Gasteiger partial charge is 0.274 e. The molecule has 1 amide bonds. The fourth-order valence-corrected chi connectivity index (χ4v) is 0.545. The summed E-state index contributed by atoms with van der Waals surface area (Å²) in [5, 5.41) is 0. The normalized spacial score (nSPS) is 9.56. The summed E-state index contributed by atoms with van der Waals surface area (Å²) in [6, 6.07) is 0. The van der Waals surface area contributed by atoms with Gasteiger partial charge in [0.15, 0.2) is 0 Å². The molecular formula is C2H5NO4RfS. The second kappa shape index (κ2) is 2.63. The summed E-state index contributed by atoms with van der Waals surface area (Å²) in [7, 11) is -4.32. The number of amides is 1. The Morgan fingerprint density at radius 2 is 1.89 bits per heavy atom. The molecule has 0 unspecified atom stereocenters. The Morgan fingerprint density at radius 1 is 1.56 bits per heavy atom. The van der Waals surface area contributed by atoms with Crippen molar-refractivity contribution in [3.05, 3.63) is 0 Å². The molecule has 0 saturated carbocycles. The zero-order valence-electron chi connectivity index (χ0n) is 4.79. The number of carbonyl (C=O) groups excluding carboxylic acids is 1. The summed E-state index contributed by atoms with van der Waals surface area (Å²) in [4.78, 5) is 9.81. The van der Waals surface area contributed by atoms with Crippen molar-refractivity contribution in [1.29, 1.82) is 0 Å². The Morgan fingerprint density at radius 3 is 1.89 bits per heavy atom. The maximum atomic E-state index is 9.81. The molecule has 7 heteroatoms. The van der Waals surface area contributed by atoms with Crippen LogP contribution in [0.5, 0.6) is 0 Å². The number of nitrogens with one attached hydrogen (secondary N) is 1. The van der Waals surface area contributed by atoms with Gasteiger partial charge in [-0.05, 0) is 0 Å². The van der Waals surface area contributed by atoms with Crippen LogP contribution in [0.4, 0.5) is 0 Å². The monoisotopic (exact) mass is 406 g/mol. The van der Waals surface area contributed by atoms with Crippen molar-refractivity contribution in [3.8, 4) is 0 Å². The molecule has 0 aromatic heterocycles. The fourth-order valence-electron chi connectivity index (χ4n) is 0.182. The second-order valence-corrected chi connectivity index (χ2v) is 2.29. The van der Waals surface area contributed by atoms with E-state index in [1.165, 1.54) is 4.72 Å². The molecule has 0 aromatic carbocycles. The predicted molar refractivity (Wildman–Crippen MR) is 25.4 cm³/mol. The molecule has 0 radical (unpaired) electrons. The average Bonchev–Trinajstić information content (AvgIpc) is 1.21. The molecule has 0 atom stereocenters. The van der Waals surface area contributed by atoms with E-state index in [4.69, 9.17) is 4.55 Å². The standard InChI is InChI=1S/C2H5NO4S.Rf/c1-2(4)3-8(5,6)7;/h1H3,(H,3,4)(H,5,6,7);. The van der Waals surface area contributed by atoms with E-state index in [-0.39, 0.29) is 0 Å². The topological polar surface area (TPSA) is 83.5 Å². The first-order chi connectivity index (χ1) is 3.42. The first kappa shape index (κ1) is 10.4. The van der Waals surface area contributed by atoms with Gasteiger partial charge in [0, 0.05) is 6.92 Å². The molecule has 5 nitrogen and oxygen atoms in total. The minimum atomic E-state index is -4.32. The van der Waals surface area contributed by atoms with Gasteiger partial charge in [0.05, 0.1) is 0 Å². The third-order valence-corrected chi connectivity index (χ3v) is 0.818. The summed E-state index contributed by atoms with van der Waals surface area (Å²) in [5.41, 5.74) is 0. The number of carbonyl (C=O) groups is 1. The molecule has 50 valence electrons.